The standard InChI is InChI=1S/C11H8N4S/c1-2-10(14-11-15-13-7-16-11)5-8-3-4-12-6-9(1)8/h1-7H,(H,14,15). The third-order valence-electron chi connectivity index (χ3n) is 2.25. The second-order valence-electron chi connectivity index (χ2n) is 3.31. The quantitative estimate of drug-likeness (QED) is 0.732. The Morgan fingerprint density at radius 1 is 1.12 bits per heavy atom. The Balaban J connectivity index is 1.99. The summed E-state index contributed by atoms with van der Waals surface area (Å²) in [6.07, 6.45) is 3.64. The van der Waals surface area contributed by atoms with Gasteiger partial charge in [0.05, 0.1) is 0 Å². The van der Waals surface area contributed by atoms with E-state index in [0.29, 0.717) is 0 Å². The summed E-state index contributed by atoms with van der Waals surface area (Å²) in [6, 6.07) is 8.09. The Labute approximate surface area is 96.0 Å². The van der Waals surface area contributed by atoms with Gasteiger partial charge >= 0.3 is 0 Å². The van der Waals surface area contributed by atoms with Crippen molar-refractivity contribution in [3.8, 4) is 0 Å². The summed E-state index contributed by atoms with van der Waals surface area (Å²) in [5.41, 5.74) is 2.71. The first-order chi connectivity index (χ1) is 7.92. The van der Waals surface area contributed by atoms with Crippen LogP contribution in [0, 0.1) is 0 Å². The van der Waals surface area contributed by atoms with E-state index in [9.17, 15) is 0 Å². The number of rotatable bonds is 2. The molecule has 0 saturated heterocycles. The van der Waals surface area contributed by atoms with Crippen LogP contribution >= 0.6 is 11.3 Å². The van der Waals surface area contributed by atoms with Crippen LogP contribution in [0.15, 0.2) is 42.2 Å². The number of pyridine rings is 1. The minimum atomic E-state index is 0.799. The summed E-state index contributed by atoms with van der Waals surface area (Å²) in [5.74, 6) is 0. The molecule has 0 aliphatic carbocycles. The van der Waals surface area contributed by atoms with Crippen molar-refractivity contribution < 1.29 is 0 Å². The van der Waals surface area contributed by atoms with Crippen LogP contribution < -0.4 is 5.32 Å². The maximum absolute atomic E-state index is 4.08. The zero-order valence-electron chi connectivity index (χ0n) is 8.29. The third-order valence-corrected chi connectivity index (χ3v) is 2.86. The average Bonchev–Trinajstić information content (AvgIpc) is 2.82. The lowest BCUT2D eigenvalue weighted by molar-refractivity contribution is 1.09. The number of aromatic nitrogens is 3. The molecule has 1 aromatic carbocycles. The van der Waals surface area contributed by atoms with Gasteiger partial charge in [0.15, 0.2) is 0 Å². The molecule has 0 atom stereocenters. The van der Waals surface area contributed by atoms with E-state index in [-0.39, 0.29) is 0 Å². The van der Waals surface area contributed by atoms with Gasteiger partial charge in [-0.2, -0.15) is 0 Å². The van der Waals surface area contributed by atoms with Gasteiger partial charge in [-0.25, -0.2) is 0 Å². The molecule has 0 saturated carbocycles. The summed E-state index contributed by atoms with van der Waals surface area (Å²) >= 11 is 1.48. The van der Waals surface area contributed by atoms with Crippen molar-refractivity contribution in [2.45, 2.75) is 0 Å². The number of hydrogen-bond donors (Lipinski definition) is 1. The predicted octanol–water partition coefficient (Wildman–Crippen LogP) is 2.83. The Bertz CT molecular complexity index is 606. The monoisotopic (exact) mass is 228 g/mol. The fourth-order valence-electron chi connectivity index (χ4n) is 1.51. The lowest BCUT2D eigenvalue weighted by Crippen LogP contribution is -1.89. The molecule has 0 aliphatic rings. The van der Waals surface area contributed by atoms with Crippen molar-refractivity contribution in [1.29, 1.82) is 0 Å². The van der Waals surface area contributed by atoms with Crippen LogP contribution in [0.25, 0.3) is 10.8 Å². The van der Waals surface area contributed by atoms with Crippen LogP contribution in [0.1, 0.15) is 0 Å². The minimum absolute atomic E-state index is 0.799. The van der Waals surface area contributed by atoms with Crippen LogP contribution in [-0.4, -0.2) is 15.2 Å². The van der Waals surface area contributed by atoms with Crippen molar-refractivity contribution in [1.82, 2.24) is 15.2 Å². The number of anilines is 2. The molecule has 5 heteroatoms. The zero-order chi connectivity index (χ0) is 10.8. The number of nitrogens with zero attached hydrogens (tertiary/aromatic N) is 3. The molecule has 0 radical (unpaired) electrons. The Morgan fingerprint density at radius 3 is 3.00 bits per heavy atom. The predicted molar refractivity (Wildman–Crippen MR) is 64.9 cm³/mol. The molecule has 4 nitrogen and oxygen atoms in total. The molecule has 0 spiro atoms. The maximum Gasteiger partial charge on any atom is 0.209 e. The van der Waals surface area contributed by atoms with Crippen molar-refractivity contribution in [2.75, 3.05) is 5.32 Å². The van der Waals surface area contributed by atoms with Gasteiger partial charge in [-0.3, -0.25) is 4.98 Å². The molecule has 2 heterocycles. The highest BCUT2D eigenvalue weighted by molar-refractivity contribution is 7.13. The van der Waals surface area contributed by atoms with Crippen molar-refractivity contribution >= 4 is 32.9 Å². The molecule has 16 heavy (non-hydrogen) atoms. The number of fused-ring (bicyclic) bond motifs is 1. The molecule has 3 aromatic rings. The lowest BCUT2D eigenvalue weighted by Gasteiger charge is -2.03. The first kappa shape index (κ1) is 9.23. The van der Waals surface area contributed by atoms with Gasteiger partial charge < -0.3 is 5.32 Å². The van der Waals surface area contributed by atoms with Crippen molar-refractivity contribution in [2.24, 2.45) is 0 Å². The molecular weight excluding hydrogens is 220 g/mol. The average molecular weight is 228 g/mol. The molecule has 0 bridgehead atoms. The second-order valence-corrected chi connectivity index (χ2v) is 4.14. The maximum atomic E-state index is 4.08. The van der Waals surface area contributed by atoms with Gasteiger partial charge in [0.2, 0.25) is 5.13 Å². The largest absolute Gasteiger partial charge is 0.330 e. The molecule has 0 amide bonds. The molecule has 78 valence electrons. The minimum Gasteiger partial charge on any atom is -0.330 e. The SMILES string of the molecule is c1cc2cc(Nc3nncs3)ccc2cn1. The van der Waals surface area contributed by atoms with E-state index in [1.54, 1.807) is 11.7 Å². The lowest BCUT2D eigenvalue weighted by atomic mass is 10.1. The van der Waals surface area contributed by atoms with E-state index >= 15 is 0 Å². The van der Waals surface area contributed by atoms with Crippen LogP contribution in [0.4, 0.5) is 10.8 Å². The summed E-state index contributed by atoms with van der Waals surface area (Å²) in [7, 11) is 0. The number of nitrogens with one attached hydrogen (secondary N) is 1. The molecule has 3 rings (SSSR count). The Kier molecular flexibility index (Phi) is 2.23. The zero-order valence-corrected chi connectivity index (χ0v) is 9.11. The number of hydrogen-bond acceptors (Lipinski definition) is 5. The molecule has 1 N–H and O–H groups in total. The van der Waals surface area contributed by atoms with Crippen LogP contribution in [-0.2, 0) is 0 Å². The van der Waals surface area contributed by atoms with E-state index in [0.717, 1.165) is 21.6 Å². The van der Waals surface area contributed by atoms with Gasteiger partial charge in [-0.05, 0) is 23.6 Å². The summed E-state index contributed by atoms with van der Waals surface area (Å²) in [5, 5.41) is 14.0. The molecular formula is C11H8N4S. The fraction of sp³-hybridized carbons (Fsp3) is 0. The van der Waals surface area contributed by atoms with E-state index < -0.39 is 0 Å². The smallest absolute Gasteiger partial charge is 0.209 e. The van der Waals surface area contributed by atoms with Gasteiger partial charge in [0.25, 0.3) is 0 Å². The van der Waals surface area contributed by atoms with E-state index in [2.05, 4.69) is 26.6 Å². The summed E-state index contributed by atoms with van der Waals surface area (Å²) in [6.45, 7) is 0. The Hall–Kier alpha value is -2.01. The van der Waals surface area contributed by atoms with Crippen LogP contribution in [0.3, 0.4) is 0 Å². The molecule has 0 unspecified atom stereocenters. The molecule has 0 fully saturated rings. The summed E-state index contributed by atoms with van der Waals surface area (Å²) < 4.78 is 0. The first-order valence-electron chi connectivity index (χ1n) is 4.79. The molecule has 0 aliphatic heterocycles. The van der Waals surface area contributed by atoms with Crippen molar-refractivity contribution in [3.05, 3.63) is 42.2 Å². The Morgan fingerprint density at radius 2 is 2.12 bits per heavy atom. The number of benzene rings is 1. The topological polar surface area (TPSA) is 50.7 Å². The van der Waals surface area contributed by atoms with Crippen molar-refractivity contribution in [3.63, 3.8) is 0 Å². The second kappa shape index (κ2) is 3.86. The highest BCUT2D eigenvalue weighted by atomic mass is 32.1. The van der Waals surface area contributed by atoms with Crippen LogP contribution in [0.2, 0.25) is 0 Å². The molecule has 2 aromatic heterocycles. The first-order valence-corrected chi connectivity index (χ1v) is 5.67. The third kappa shape index (κ3) is 1.72. The van der Waals surface area contributed by atoms with E-state index in [1.165, 1.54) is 11.3 Å². The summed E-state index contributed by atoms with van der Waals surface area (Å²) in [4.78, 5) is 4.08. The highest BCUT2D eigenvalue weighted by Crippen LogP contribution is 2.21. The fourth-order valence-corrected chi connectivity index (χ4v) is 1.98. The van der Waals surface area contributed by atoms with Gasteiger partial charge in [-0.1, -0.05) is 17.4 Å². The van der Waals surface area contributed by atoms with E-state index in [1.807, 2.05) is 24.4 Å². The van der Waals surface area contributed by atoms with E-state index in [4.69, 9.17) is 0 Å². The van der Waals surface area contributed by atoms with Gasteiger partial charge in [0.1, 0.15) is 5.51 Å². The van der Waals surface area contributed by atoms with Crippen LogP contribution in [0.5, 0.6) is 0 Å². The van der Waals surface area contributed by atoms with Gasteiger partial charge in [-0.15, -0.1) is 10.2 Å². The highest BCUT2D eigenvalue weighted by Gasteiger charge is 1.99. The normalized spacial score (nSPS) is 10.5. The van der Waals surface area contributed by atoms with Gasteiger partial charge in [0, 0.05) is 23.5 Å².